The molecule has 2 heterocycles. The summed E-state index contributed by atoms with van der Waals surface area (Å²) in [5.41, 5.74) is 4.32. The molecule has 35 heavy (non-hydrogen) atoms. The molecule has 0 spiro atoms. The third-order valence-electron chi connectivity index (χ3n) is 5.35. The molecule has 0 amide bonds. The molecule has 1 aliphatic rings. The van der Waals surface area contributed by atoms with E-state index in [0.29, 0.717) is 23.0 Å². The highest BCUT2D eigenvalue weighted by Crippen LogP contribution is 2.30. The van der Waals surface area contributed by atoms with E-state index in [-0.39, 0.29) is 11.6 Å². The van der Waals surface area contributed by atoms with Crippen molar-refractivity contribution in [1.29, 1.82) is 0 Å². The molecular formula is C24H26N8O3. The molecule has 3 aromatic rings. The molecule has 0 saturated carbocycles. The molecule has 0 bridgehead atoms. The average Bonchev–Trinajstić information content (AvgIpc) is 2.86. The smallest absolute Gasteiger partial charge is 0.311 e. The van der Waals surface area contributed by atoms with Crippen molar-refractivity contribution in [3.05, 3.63) is 69.8 Å². The predicted molar refractivity (Wildman–Crippen MR) is 136 cm³/mol. The fraction of sp³-hybridized carbons (Fsp3) is 0.250. The van der Waals surface area contributed by atoms with Crippen LogP contribution in [0.3, 0.4) is 0 Å². The zero-order valence-electron chi connectivity index (χ0n) is 19.3. The van der Waals surface area contributed by atoms with Gasteiger partial charge in [-0.15, -0.1) is 0 Å². The molecule has 11 nitrogen and oxygen atoms in total. The summed E-state index contributed by atoms with van der Waals surface area (Å²) in [4.78, 5) is 26.1. The zero-order valence-corrected chi connectivity index (χ0v) is 19.3. The Kier molecular flexibility index (Phi) is 7.46. The van der Waals surface area contributed by atoms with E-state index in [0.717, 1.165) is 31.6 Å². The number of hydrogen-bond donors (Lipinski definition) is 3. The van der Waals surface area contributed by atoms with Crippen LogP contribution < -0.4 is 15.6 Å². The second-order valence-corrected chi connectivity index (χ2v) is 8.05. The van der Waals surface area contributed by atoms with Crippen molar-refractivity contribution in [2.75, 3.05) is 28.7 Å². The standard InChI is InChI=1S/C24H26N8O3/c1-17(15-18-9-8-12-20(21(18)33)32(34)35)16-25-30-23-27-22(26-19-10-4-2-5-11-19)28-24(29-23)31-13-6-3-7-14-31/h2,4-5,8-12,15-16,33H,3,6-7,13-14H2,1H3,(H2,26,27,28,29,30)/b17-15+,25-16+. The Balaban J connectivity index is 1.53. The Hall–Kier alpha value is -4.54. The first-order valence-corrected chi connectivity index (χ1v) is 11.3. The van der Waals surface area contributed by atoms with Crippen LogP contribution in [0.15, 0.2) is 59.2 Å². The summed E-state index contributed by atoms with van der Waals surface area (Å²) in [7, 11) is 0. The molecule has 1 fully saturated rings. The van der Waals surface area contributed by atoms with Crippen LogP contribution in [0.2, 0.25) is 0 Å². The molecule has 1 aromatic heterocycles. The van der Waals surface area contributed by atoms with Gasteiger partial charge < -0.3 is 15.3 Å². The van der Waals surface area contributed by atoms with Crippen molar-refractivity contribution in [2.45, 2.75) is 26.2 Å². The summed E-state index contributed by atoms with van der Waals surface area (Å²) in [6.45, 7) is 3.52. The summed E-state index contributed by atoms with van der Waals surface area (Å²) >= 11 is 0. The Morgan fingerprint density at radius 1 is 1.06 bits per heavy atom. The summed E-state index contributed by atoms with van der Waals surface area (Å²) in [5.74, 6) is 0.864. The SMILES string of the molecule is CC(/C=N/Nc1nc(Nc2ccccc2)nc(N2CCCCC2)n1)=C\c1cccc([N+](=O)[O-])c1O. The lowest BCUT2D eigenvalue weighted by molar-refractivity contribution is -0.385. The van der Waals surface area contributed by atoms with E-state index in [1.807, 2.05) is 30.3 Å². The number of benzene rings is 2. The molecule has 0 atom stereocenters. The van der Waals surface area contributed by atoms with Crippen molar-refractivity contribution >= 4 is 41.5 Å². The molecule has 1 saturated heterocycles. The molecule has 0 unspecified atom stereocenters. The van der Waals surface area contributed by atoms with Crippen molar-refractivity contribution in [2.24, 2.45) is 5.10 Å². The number of aromatic hydroxyl groups is 1. The van der Waals surface area contributed by atoms with Gasteiger partial charge in [-0.1, -0.05) is 30.3 Å². The molecule has 4 rings (SSSR count). The average molecular weight is 475 g/mol. The molecular weight excluding hydrogens is 448 g/mol. The number of rotatable bonds is 8. The number of phenols is 1. The van der Waals surface area contributed by atoms with Crippen LogP contribution in [-0.2, 0) is 0 Å². The maximum absolute atomic E-state index is 11.0. The number of nitro benzene ring substituents is 1. The van der Waals surface area contributed by atoms with Crippen LogP contribution >= 0.6 is 0 Å². The molecule has 1 aliphatic heterocycles. The lowest BCUT2D eigenvalue weighted by atomic mass is 10.1. The summed E-state index contributed by atoms with van der Waals surface area (Å²) in [5, 5.41) is 28.6. The number of nitrogens with one attached hydrogen (secondary N) is 2. The number of hydrogen-bond acceptors (Lipinski definition) is 10. The van der Waals surface area contributed by atoms with E-state index in [1.165, 1.54) is 24.8 Å². The van der Waals surface area contributed by atoms with Gasteiger partial charge in [-0.25, -0.2) is 5.43 Å². The summed E-state index contributed by atoms with van der Waals surface area (Å²) in [6.07, 6.45) is 6.48. The van der Waals surface area contributed by atoms with E-state index in [9.17, 15) is 15.2 Å². The molecule has 3 N–H and O–H groups in total. The Morgan fingerprint density at radius 3 is 2.54 bits per heavy atom. The van der Waals surface area contributed by atoms with Crippen molar-refractivity contribution in [3.8, 4) is 5.75 Å². The van der Waals surface area contributed by atoms with Gasteiger partial charge in [0.1, 0.15) is 0 Å². The van der Waals surface area contributed by atoms with Crippen molar-refractivity contribution < 1.29 is 10.0 Å². The molecule has 0 radical (unpaired) electrons. The van der Waals surface area contributed by atoms with Crippen LogP contribution in [0.4, 0.5) is 29.2 Å². The number of nitrogens with zero attached hydrogens (tertiary/aromatic N) is 6. The summed E-state index contributed by atoms with van der Waals surface area (Å²) < 4.78 is 0. The van der Waals surface area contributed by atoms with E-state index >= 15 is 0 Å². The van der Waals surface area contributed by atoms with Crippen LogP contribution in [0.1, 0.15) is 31.7 Å². The number of aromatic nitrogens is 3. The number of allylic oxidation sites excluding steroid dienone is 1. The third kappa shape index (κ3) is 6.28. The van der Waals surface area contributed by atoms with Gasteiger partial charge in [0, 0.05) is 30.4 Å². The number of phenolic OH excluding ortho intramolecular Hbond substituents is 1. The topological polar surface area (TPSA) is 142 Å². The fourth-order valence-electron chi connectivity index (χ4n) is 3.64. The number of nitro groups is 1. The molecule has 11 heteroatoms. The van der Waals surface area contributed by atoms with Crippen LogP contribution in [0, 0.1) is 10.1 Å². The van der Waals surface area contributed by atoms with Gasteiger partial charge in [-0.3, -0.25) is 10.1 Å². The second-order valence-electron chi connectivity index (χ2n) is 8.05. The minimum atomic E-state index is -0.626. The largest absolute Gasteiger partial charge is 0.502 e. The Labute approximate surface area is 202 Å². The second kappa shape index (κ2) is 11.1. The monoisotopic (exact) mass is 474 g/mol. The van der Waals surface area contributed by atoms with Gasteiger partial charge in [0.25, 0.3) is 0 Å². The number of hydrazone groups is 1. The van der Waals surface area contributed by atoms with Gasteiger partial charge >= 0.3 is 5.69 Å². The van der Waals surface area contributed by atoms with Gasteiger partial charge in [0.05, 0.1) is 11.1 Å². The van der Waals surface area contributed by atoms with E-state index in [2.05, 4.69) is 35.7 Å². The van der Waals surface area contributed by atoms with Crippen LogP contribution in [0.25, 0.3) is 6.08 Å². The first-order valence-electron chi connectivity index (χ1n) is 11.3. The van der Waals surface area contributed by atoms with Crippen molar-refractivity contribution in [3.63, 3.8) is 0 Å². The first kappa shape index (κ1) is 23.6. The molecule has 0 aliphatic carbocycles. The van der Waals surface area contributed by atoms with Gasteiger partial charge in [0.2, 0.25) is 23.6 Å². The number of anilines is 4. The van der Waals surface area contributed by atoms with E-state index in [1.54, 1.807) is 19.1 Å². The highest BCUT2D eigenvalue weighted by molar-refractivity contribution is 5.86. The minimum absolute atomic E-state index is 0.279. The Morgan fingerprint density at radius 2 is 1.80 bits per heavy atom. The van der Waals surface area contributed by atoms with Crippen molar-refractivity contribution in [1.82, 2.24) is 15.0 Å². The zero-order chi connectivity index (χ0) is 24.6. The molecule has 2 aromatic carbocycles. The highest BCUT2D eigenvalue weighted by atomic mass is 16.6. The van der Waals surface area contributed by atoms with Crippen LogP contribution in [0.5, 0.6) is 5.75 Å². The van der Waals surface area contributed by atoms with Gasteiger partial charge in [-0.2, -0.15) is 20.1 Å². The minimum Gasteiger partial charge on any atom is -0.502 e. The molecule has 180 valence electrons. The fourth-order valence-corrected chi connectivity index (χ4v) is 3.64. The first-order chi connectivity index (χ1) is 17.0. The maximum Gasteiger partial charge on any atom is 0.311 e. The third-order valence-corrected chi connectivity index (χ3v) is 5.35. The normalized spacial score (nSPS) is 14.2. The Bertz CT molecular complexity index is 1240. The number of para-hydroxylation sites is 2. The van der Waals surface area contributed by atoms with Crippen LogP contribution in [-0.4, -0.2) is 44.3 Å². The summed E-state index contributed by atoms with van der Waals surface area (Å²) in [6, 6.07) is 14.0. The maximum atomic E-state index is 11.0. The highest BCUT2D eigenvalue weighted by Gasteiger charge is 2.17. The number of piperidine rings is 1. The van der Waals surface area contributed by atoms with Gasteiger partial charge in [-0.05, 0) is 50.0 Å². The van der Waals surface area contributed by atoms with Gasteiger partial charge in [0.15, 0.2) is 0 Å². The lowest BCUT2D eigenvalue weighted by Crippen LogP contribution is -2.31. The predicted octanol–water partition coefficient (Wildman–Crippen LogP) is 4.72. The lowest BCUT2D eigenvalue weighted by Gasteiger charge is -2.26. The van der Waals surface area contributed by atoms with E-state index in [4.69, 9.17) is 0 Å². The quantitative estimate of drug-likeness (QED) is 0.240. The van der Waals surface area contributed by atoms with E-state index < -0.39 is 10.7 Å².